The number of carbonyl (C=O) groups is 1. The molecule has 14 heavy (non-hydrogen) atoms. The normalized spacial score (nSPS) is 10.7. The molecule has 3 nitrogen and oxygen atoms in total. The molecule has 0 aliphatic rings. The van der Waals surface area contributed by atoms with E-state index in [-0.39, 0.29) is 12.3 Å². The fraction of sp³-hybridized carbons (Fsp3) is 0.200. The van der Waals surface area contributed by atoms with Gasteiger partial charge in [-0.2, -0.15) is 0 Å². The zero-order chi connectivity index (χ0) is 10.4. The van der Waals surface area contributed by atoms with Crippen molar-refractivity contribution in [3.05, 3.63) is 39.5 Å². The number of hydrogen-bond donors (Lipinski definition) is 0. The van der Waals surface area contributed by atoms with Crippen molar-refractivity contribution in [2.45, 2.75) is 6.92 Å². The summed E-state index contributed by atoms with van der Waals surface area (Å²) in [4.78, 5) is 15.2. The maximum Gasteiger partial charge on any atom is 0.336 e. The molecule has 0 amide bonds. The molecule has 4 heteroatoms. The Morgan fingerprint density at radius 1 is 1.79 bits per heavy atom. The number of carbonyl (C=O) groups excluding carboxylic acids is 1. The van der Waals surface area contributed by atoms with E-state index >= 15 is 0 Å². The number of nitrogens with zero attached hydrogens (tertiary/aromatic N) is 1. The van der Waals surface area contributed by atoms with Crippen LogP contribution < -0.4 is 0 Å². The van der Waals surface area contributed by atoms with E-state index in [1.54, 1.807) is 6.92 Å². The quantitative estimate of drug-likeness (QED) is 0.433. The summed E-state index contributed by atoms with van der Waals surface area (Å²) in [7, 11) is 0. The molecule has 0 radical (unpaired) electrons. The Balaban J connectivity index is 2.83. The largest absolute Gasteiger partial charge is 0.471 e. The van der Waals surface area contributed by atoms with Crippen molar-refractivity contribution in [2.24, 2.45) is 0 Å². The zero-order valence-electron chi connectivity index (χ0n) is 7.69. The lowest BCUT2D eigenvalue weighted by molar-refractivity contribution is -0.138. The van der Waals surface area contributed by atoms with Crippen LogP contribution in [0.2, 0.25) is 0 Å². The summed E-state index contributed by atoms with van der Waals surface area (Å²) >= 11 is 1.47. The van der Waals surface area contributed by atoms with Crippen LogP contribution in [0, 0.1) is 6.57 Å². The molecular weight excluding hydrogens is 198 g/mol. The first kappa shape index (κ1) is 10.5. The molecule has 0 aromatic carbocycles. The first-order valence-corrected chi connectivity index (χ1v) is 4.95. The van der Waals surface area contributed by atoms with Crippen molar-refractivity contribution < 1.29 is 9.53 Å². The van der Waals surface area contributed by atoms with Crippen molar-refractivity contribution in [2.75, 3.05) is 6.61 Å². The average Bonchev–Trinajstić information content (AvgIpc) is 2.66. The van der Waals surface area contributed by atoms with E-state index < -0.39 is 5.97 Å². The molecule has 0 saturated carbocycles. The minimum absolute atomic E-state index is 0.0225. The van der Waals surface area contributed by atoms with Gasteiger partial charge in [0, 0.05) is 4.88 Å². The van der Waals surface area contributed by atoms with Gasteiger partial charge in [0.05, 0.1) is 13.2 Å². The summed E-state index contributed by atoms with van der Waals surface area (Å²) in [5.74, 6) is -0.559. The van der Waals surface area contributed by atoms with E-state index in [0.717, 1.165) is 4.88 Å². The fourth-order valence-electron chi connectivity index (χ4n) is 0.850. The van der Waals surface area contributed by atoms with Crippen molar-refractivity contribution in [1.29, 1.82) is 0 Å². The summed E-state index contributed by atoms with van der Waals surface area (Å²) in [5.41, 5.74) is 0.0225. The highest BCUT2D eigenvalue weighted by atomic mass is 32.1. The third-order valence-corrected chi connectivity index (χ3v) is 2.25. The molecule has 0 N–H and O–H groups in total. The van der Waals surface area contributed by atoms with E-state index in [2.05, 4.69) is 4.85 Å². The van der Waals surface area contributed by atoms with Crippen LogP contribution in [0.3, 0.4) is 0 Å². The van der Waals surface area contributed by atoms with Gasteiger partial charge in [0.1, 0.15) is 0 Å². The molecule has 0 saturated heterocycles. The molecule has 0 aliphatic heterocycles. The second kappa shape index (κ2) is 5.20. The summed E-state index contributed by atoms with van der Waals surface area (Å²) in [5, 5.41) is 1.89. The molecule has 1 aromatic rings. The van der Waals surface area contributed by atoms with Crippen LogP contribution in [0.4, 0.5) is 0 Å². The Bertz CT molecular complexity index is 373. The number of hydrogen-bond acceptors (Lipinski definition) is 3. The highest BCUT2D eigenvalue weighted by Gasteiger charge is 2.10. The average molecular weight is 207 g/mol. The minimum atomic E-state index is -0.559. The van der Waals surface area contributed by atoms with E-state index in [0.29, 0.717) is 0 Å². The smallest absolute Gasteiger partial charge is 0.336 e. The third-order valence-electron chi connectivity index (χ3n) is 1.43. The van der Waals surface area contributed by atoms with Gasteiger partial charge in [0.2, 0.25) is 0 Å². The highest BCUT2D eigenvalue weighted by molar-refractivity contribution is 7.10. The fourth-order valence-corrected chi connectivity index (χ4v) is 1.50. The maximum atomic E-state index is 11.2. The van der Waals surface area contributed by atoms with Gasteiger partial charge in [-0.15, -0.1) is 11.3 Å². The molecule has 0 unspecified atom stereocenters. The maximum absolute atomic E-state index is 11.2. The molecule has 1 rings (SSSR count). The predicted octanol–water partition coefficient (Wildman–Crippen LogP) is 2.57. The molecule has 0 fully saturated rings. The van der Waals surface area contributed by atoms with Gasteiger partial charge in [-0.25, -0.2) is 4.85 Å². The molecule has 1 aromatic heterocycles. The van der Waals surface area contributed by atoms with Gasteiger partial charge in [-0.1, -0.05) is 6.07 Å². The zero-order valence-corrected chi connectivity index (χ0v) is 8.50. The lowest BCUT2D eigenvalue weighted by atomic mass is 10.3. The molecule has 0 bridgehead atoms. The van der Waals surface area contributed by atoms with E-state index in [1.807, 2.05) is 17.5 Å². The van der Waals surface area contributed by atoms with Crippen molar-refractivity contribution in [3.63, 3.8) is 0 Å². The summed E-state index contributed by atoms with van der Waals surface area (Å²) in [6.07, 6.45) is 1.54. The van der Waals surface area contributed by atoms with Crippen LogP contribution in [0.1, 0.15) is 11.8 Å². The van der Waals surface area contributed by atoms with Crippen LogP contribution >= 0.6 is 11.3 Å². The third kappa shape index (κ3) is 2.71. The Labute approximate surface area is 86.4 Å². The first-order valence-electron chi connectivity index (χ1n) is 4.07. The second-order valence-electron chi connectivity index (χ2n) is 2.38. The Morgan fingerprint density at radius 2 is 2.57 bits per heavy atom. The molecule has 0 aliphatic carbocycles. The topological polar surface area (TPSA) is 30.7 Å². The Hall–Kier alpha value is -1.60. The lowest BCUT2D eigenvalue weighted by Crippen LogP contribution is -2.04. The van der Waals surface area contributed by atoms with Gasteiger partial charge in [0.25, 0.3) is 5.70 Å². The van der Waals surface area contributed by atoms with Gasteiger partial charge in [0.15, 0.2) is 0 Å². The summed E-state index contributed by atoms with van der Waals surface area (Å²) < 4.78 is 4.73. The first-order chi connectivity index (χ1) is 6.77. The van der Waals surface area contributed by atoms with Crippen molar-refractivity contribution in [1.82, 2.24) is 0 Å². The summed E-state index contributed by atoms with van der Waals surface area (Å²) in [6, 6.07) is 3.71. The van der Waals surface area contributed by atoms with E-state index in [9.17, 15) is 4.79 Å². The number of ether oxygens (including phenoxy) is 1. The molecule has 1 heterocycles. The summed E-state index contributed by atoms with van der Waals surface area (Å²) in [6.45, 7) is 8.83. The molecule has 72 valence electrons. The molecule has 0 atom stereocenters. The Morgan fingerprint density at radius 3 is 3.07 bits per heavy atom. The van der Waals surface area contributed by atoms with E-state index in [4.69, 9.17) is 11.3 Å². The van der Waals surface area contributed by atoms with Crippen LogP contribution in [-0.2, 0) is 9.53 Å². The predicted molar refractivity (Wildman–Crippen MR) is 55.5 cm³/mol. The standard InChI is InChI=1S/C10H9NO2S/c1-3-13-10(12)9(11-2)7-8-5-4-6-14-8/h4-7H,3H2,1H3/b9-7-. The van der Waals surface area contributed by atoms with Crippen LogP contribution in [-0.4, -0.2) is 12.6 Å². The lowest BCUT2D eigenvalue weighted by Gasteiger charge is -1.98. The SMILES string of the molecule is [C-]#[N+]/C(=C\c1cccs1)C(=O)OCC. The molecular formula is C10H9NO2S. The van der Waals surface area contributed by atoms with Gasteiger partial charge in [-0.05, 0) is 24.4 Å². The van der Waals surface area contributed by atoms with Crippen LogP contribution in [0.5, 0.6) is 0 Å². The van der Waals surface area contributed by atoms with Gasteiger partial charge in [-0.3, -0.25) is 4.79 Å². The van der Waals surface area contributed by atoms with Gasteiger partial charge < -0.3 is 4.74 Å². The molecule has 0 spiro atoms. The van der Waals surface area contributed by atoms with Crippen molar-refractivity contribution in [3.8, 4) is 0 Å². The Kier molecular flexibility index (Phi) is 3.89. The van der Waals surface area contributed by atoms with Gasteiger partial charge >= 0.3 is 5.97 Å². The number of esters is 1. The monoisotopic (exact) mass is 207 g/mol. The highest BCUT2D eigenvalue weighted by Crippen LogP contribution is 2.14. The van der Waals surface area contributed by atoms with Crippen LogP contribution in [0.15, 0.2) is 23.2 Å². The van der Waals surface area contributed by atoms with Crippen molar-refractivity contribution >= 4 is 23.4 Å². The van der Waals surface area contributed by atoms with Crippen LogP contribution in [0.25, 0.3) is 10.9 Å². The number of rotatable bonds is 3. The number of thiophene rings is 1. The minimum Gasteiger partial charge on any atom is -0.471 e. The van der Waals surface area contributed by atoms with E-state index in [1.165, 1.54) is 17.4 Å². The second-order valence-corrected chi connectivity index (χ2v) is 3.36.